The average molecular weight is 330 g/mol. The van der Waals surface area contributed by atoms with Crippen molar-refractivity contribution < 1.29 is 27.4 Å². The van der Waals surface area contributed by atoms with Crippen LogP contribution in [0.1, 0.15) is 51.2 Å². The summed E-state index contributed by atoms with van der Waals surface area (Å²) in [5.74, 6) is -0.499. The topological polar surface area (TPSA) is 38.8 Å². The molecule has 1 aliphatic rings. The van der Waals surface area contributed by atoms with E-state index in [0.717, 1.165) is 12.1 Å². The SMILES string of the molecule is CCCC1(C(=O)OCC)OC1(CC)c1cccc(C(F)(F)F)c1. The highest BCUT2D eigenvalue weighted by Crippen LogP contribution is 2.61. The number of hydrogen-bond acceptors (Lipinski definition) is 3. The molecule has 0 amide bonds. The molecule has 0 bridgehead atoms. The second-order valence-corrected chi connectivity index (χ2v) is 5.66. The van der Waals surface area contributed by atoms with Gasteiger partial charge >= 0.3 is 12.1 Å². The van der Waals surface area contributed by atoms with Gasteiger partial charge in [-0.05, 0) is 37.5 Å². The Morgan fingerprint density at radius 1 is 1.26 bits per heavy atom. The number of alkyl halides is 3. The van der Waals surface area contributed by atoms with Crippen LogP contribution in [0.3, 0.4) is 0 Å². The maximum Gasteiger partial charge on any atom is 0.416 e. The second-order valence-electron chi connectivity index (χ2n) is 5.66. The fraction of sp³-hybridized carbons (Fsp3) is 0.588. The lowest BCUT2D eigenvalue weighted by molar-refractivity contribution is -0.150. The molecule has 2 unspecified atom stereocenters. The van der Waals surface area contributed by atoms with Gasteiger partial charge in [0.1, 0.15) is 5.60 Å². The molecular formula is C17H21F3O3. The summed E-state index contributed by atoms with van der Waals surface area (Å²) in [4.78, 5) is 12.4. The minimum absolute atomic E-state index is 0.204. The zero-order valence-corrected chi connectivity index (χ0v) is 13.5. The van der Waals surface area contributed by atoms with Crippen LogP contribution in [-0.2, 0) is 26.0 Å². The van der Waals surface area contributed by atoms with Crippen LogP contribution in [0.5, 0.6) is 0 Å². The Morgan fingerprint density at radius 3 is 2.48 bits per heavy atom. The van der Waals surface area contributed by atoms with Gasteiger partial charge in [-0.1, -0.05) is 32.4 Å². The van der Waals surface area contributed by atoms with E-state index < -0.39 is 28.9 Å². The average Bonchev–Trinajstić information content (AvgIpc) is 3.18. The monoisotopic (exact) mass is 330 g/mol. The van der Waals surface area contributed by atoms with Crippen LogP contribution < -0.4 is 0 Å². The second kappa shape index (κ2) is 6.15. The third kappa shape index (κ3) is 2.84. The number of ether oxygens (including phenoxy) is 2. The lowest BCUT2D eigenvalue weighted by Gasteiger charge is -2.19. The molecule has 0 saturated carbocycles. The van der Waals surface area contributed by atoms with E-state index in [4.69, 9.17) is 9.47 Å². The van der Waals surface area contributed by atoms with Crippen LogP contribution in [0.2, 0.25) is 0 Å². The Balaban J connectivity index is 2.45. The molecule has 1 aromatic rings. The van der Waals surface area contributed by atoms with Gasteiger partial charge in [-0.2, -0.15) is 13.2 Å². The molecule has 128 valence electrons. The van der Waals surface area contributed by atoms with E-state index in [0.29, 0.717) is 24.8 Å². The molecule has 2 atom stereocenters. The summed E-state index contributed by atoms with van der Waals surface area (Å²) < 4.78 is 49.8. The van der Waals surface area contributed by atoms with Crippen molar-refractivity contribution >= 4 is 5.97 Å². The summed E-state index contributed by atoms with van der Waals surface area (Å²) in [5, 5.41) is 0. The summed E-state index contributed by atoms with van der Waals surface area (Å²) in [5.41, 5.74) is -2.60. The largest absolute Gasteiger partial charge is 0.464 e. The standard InChI is InChI=1S/C17H21F3O3/c1-4-10-16(14(21)22-6-3)15(5-2,23-16)12-8-7-9-13(11-12)17(18,19)20/h7-9,11H,4-6,10H2,1-3H3. The normalized spacial score (nSPS) is 26.9. The predicted octanol–water partition coefficient (Wildman–Crippen LogP) is 4.44. The lowest BCUT2D eigenvalue weighted by atomic mass is 9.81. The number of benzene rings is 1. The summed E-state index contributed by atoms with van der Waals surface area (Å²) in [6.45, 7) is 5.60. The van der Waals surface area contributed by atoms with Crippen LogP contribution >= 0.6 is 0 Å². The number of esters is 1. The van der Waals surface area contributed by atoms with Crippen LogP contribution in [0, 0.1) is 0 Å². The number of rotatable bonds is 6. The zero-order valence-electron chi connectivity index (χ0n) is 13.5. The molecule has 1 aliphatic heterocycles. The van der Waals surface area contributed by atoms with Gasteiger partial charge in [0.05, 0.1) is 12.2 Å². The van der Waals surface area contributed by atoms with Crippen LogP contribution in [0.15, 0.2) is 24.3 Å². The third-order valence-electron chi connectivity index (χ3n) is 4.32. The van der Waals surface area contributed by atoms with E-state index in [1.807, 2.05) is 6.92 Å². The van der Waals surface area contributed by atoms with Gasteiger partial charge in [0.2, 0.25) is 0 Å². The molecule has 1 aromatic carbocycles. The van der Waals surface area contributed by atoms with E-state index in [1.54, 1.807) is 19.9 Å². The molecule has 23 heavy (non-hydrogen) atoms. The predicted molar refractivity (Wildman–Crippen MR) is 78.8 cm³/mol. The van der Waals surface area contributed by atoms with Crippen LogP contribution in [-0.4, -0.2) is 18.2 Å². The number of hydrogen-bond donors (Lipinski definition) is 0. The van der Waals surface area contributed by atoms with Crippen molar-refractivity contribution in [3.05, 3.63) is 35.4 Å². The smallest absolute Gasteiger partial charge is 0.416 e. The van der Waals surface area contributed by atoms with Crippen molar-refractivity contribution in [1.82, 2.24) is 0 Å². The summed E-state index contributed by atoms with van der Waals surface area (Å²) >= 11 is 0. The fourth-order valence-corrected chi connectivity index (χ4v) is 3.23. The van der Waals surface area contributed by atoms with E-state index in [2.05, 4.69) is 0 Å². The first kappa shape index (κ1) is 17.8. The molecule has 2 rings (SSSR count). The van der Waals surface area contributed by atoms with Crippen molar-refractivity contribution in [1.29, 1.82) is 0 Å². The van der Waals surface area contributed by atoms with Gasteiger partial charge in [-0.25, -0.2) is 4.79 Å². The highest BCUT2D eigenvalue weighted by molar-refractivity contribution is 5.85. The van der Waals surface area contributed by atoms with Crippen molar-refractivity contribution in [2.24, 2.45) is 0 Å². The summed E-state index contributed by atoms with van der Waals surface area (Å²) in [6.07, 6.45) is -2.96. The maximum atomic E-state index is 13.0. The first-order chi connectivity index (χ1) is 10.8. The first-order valence-corrected chi connectivity index (χ1v) is 7.82. The van der Waals surface area contributed by atoms with Gasteiger partial charge < -0.3 is 9.47 Å². The molecule has 0 aromatic heterocycles. The molecule has 0 N–H and O–H groups in total. The van der Waals surface area contributed by atoms with E-state index >= 15 is 0 Å². The third-order valence-corrected chi connectivity index (χ3v) is 4.32. The van der Waals surface area contributed by atoms with Crippen molar-refractivity contribution in [2.45, 2.75) is 57.4 Å². The van der Waals surface area contributed by atoms with E-state index in [1.165, 1.54) is 6.07 Å². The zero-order chi connectivity index (χ0) is 17.3. The Bertz CT molecular complexity index is 585. The Morgan fingerprint density at radius 2 is 1.96 bits per heavy atom. The van der Waals surface area contributed by atoms with E-state index in [9.17, 15) is 18.0 Å². The lowest BCUT2D eigenvalue weighted by Crippen LogP contribution is -2.34. The van der Waals surface area contributed by atoms with Gasteiger partial charge in [0, 0.05) is 0 Å². The van der Waals surface area contributed by atoms with Gasteiger partial charge in [0.25, 0.3) is 0 Å². The molecule has 3 nitrogen and oxygen atoms in total. The van der Waals surface area contributed by atoms with Crippen molar-refractivity contribution in [3.63, 3.8) is 0 Å². The van der Waals surface area contributed by atoms with Crippen LogP contribution in [0.25, 0.3) is 0 Å². The van der Waals surface area contributed by atoms with Gasteiger partial charge in [0.15, 0.2) is 5.60 Å². The van der Waals surface area contributed by atoms with Gasteiger partial charge in [-0.3, -0.25) is 0 Å². The molecule has 6 heteroatoms. The minimum atomic E-state index is -4.43. The Labute approximate surface area is 133 Å². The minimum Gasteiger partial charge on any atom is -0.464 e. The number of epoxide rings is 1. The molecule has 1 heterocycles. The van der Waals surface area contributed by atoms with E-state index in [-0.39, 0.29) is 6.61 Å². The Hall–Kier alpha value is -1.56. The highest BCUT2D eigenvalue weighted by atomic mass is 19.4. The fourth-order valence-electron chi connectivity index (χ4n) is 3.23. The quantitative estimate of drug-likeness (QED) is 0.572. The van der Waals surface area contributed by atoms with Crippen LogP contribution in [0.4, 0.5) is 13.2 Å². The number of carbonyl (C=O) groups is 1. The molecule has 1 saturated heterocycles. The molecule has 0 spiro atoms. The Kier molecular flexibility index (Phi) is 4.76. The molecule has 1 fully saturated rings. The molecular weight excluding hydrogens is 309 g/mol. The first-order valence-electron chi connectivity index (χ1n) is 7.82. The number of carbonyl (C=O) groups excluding carboxylic acids is 1. The van der Waals surface area contributed by atoms with Crippen molar-refractivity contribution in [2.75, 3.05) is 6.61 Å². The summed E-state index contributed by atoms with van der Waals surface area (Å²) in [7, 11) is 0. The summed E-state index contributed by atoms with van der Waals surface area (Å²) in [6, 6.07) is 5.01. The maximum absolute atomic E-state index is 13.0. The van der Waals surface area contributed by atoms with Crippen molar-refractivity contribution in [3.8, 4) is 0 Å². The number of halogens is 3. The molecule has 0 aliphatic carbocycles. The molecule has 0 radical (unpaired) electrons. The highest BCUT2D eigenvalue weighted by Gasteiger charge is 2.74. The van der Waals surface area contributed by atoms with Gasteiger partial charge in [-0.15, -0.1) is 0 Å².